The van der Waals surface area contributed by atoms with Crippen molar-refractivity contribution in [1.29, 1.82) is 0 Å². The third-order valence-electron chi connectivity index (χ3n) is 2.81. The number of nitrogens with one attached hydrogen (secondary N) is 1. The average Bonchev–Trinajstić information content (AvgIpc) is 2.27. The summed E-state index contributed by atoms with van der Waals surface area (Å²) in [5, 5.41) is 2.61. The molecule has 0 fully saturated rings. The average molecular weight is 256 g/mol. The van der Waals surface area contributed by atoms with E-state index in [-0.39, 0.29) is 17.4 Å². The third-order valence-corrected chi connectivity index (χ3v) is 2.81. The van der Waals surface area contributed by atoms with Crippen molar-refractivity contribution in [3.05, 3.63) is 35.4 Å². The van der Waals surface area contributed by atoms with Crippen molar-refractivity contribution in [2.45, 2.75) is 32.9 Å². The molecule has 5 heteroatoms. The standard InChI is InChI=1S/C13H18F2N2O/c1-7(2)12(16)13(18)17-8(3)10-5-4-9(14)6-11(10)15/h4-8,12H,16H2,1-3H3,(H,17,18)/t8?,12-/m1/s1. The summed E-state index contributed by atoms with van der Waals surface area (Å²) in [7, 11) is 0. The molecule has 0 heterocycles. The van der Waals surface area contributed by atoms with E-state index in [1.54, 1.807) is 6.92 Å². The number of rotatable bonds is 4. The molecule has 18 heavy (non-hydrogen) atoms. The molecule has 0 saturated carbocycles. The quantitative estimate of drug-likeness (QED) is 0.867. The Morgan fingerprint density at radius 1 is 1.28 bits per heavy atom. The van der Waals surface area contributed by atoms with Crippen LogP contribution in [0.2, 0.25) is 0 Å². The molecule has 1 unspecified atom stereocenters. The molecule has 0 saturated heterocycles. The summed E-state index contributed by atoms with van der Waals surface area (Å²) in [5.41, 5.74) is 5.92. The van der Waals surface area contributed by atoms with Gasteiger partial charge in [0, 0.05) is 11.6 Å². The van der Waals surface area contributed by atoms with Gasteiger partial charge in [-0.25, -0.2) is 8.78 Å². The summed E-state index contributed by atoms with van der Waals surface area (Å²) in [6.45, 7) is 5.28. The maximum absolute atomic E-state index is 13.5. The van der Waals surface area contributed by atoms with E-state index in [4.69, 9.17) is 5.73 Å². The number of nitrogens with two attached hydrogens (primary N) is 1. The van der Waals surface area contributed by atoms with Crippen LogP contribution in [-0.4, -0.2) is 11.9 Å². The van der Waals surface area contributed by atoms with Crippen LogP contribution in [0, 0.1) is 17.6 Å². The Morgan fingerprint density at radius 2 is 1.89 bits per heavy atom. The fourth-order valence-corrected chi connectivity index (χ4v) is 1.54. The van der Waals surface area contributed by atoms with Gasteiger partial charge in [0.1, 0.15) is 11.6 Å². The van der Waals surface area contributed by atoms with Gasteiger partial charge in [0.15, 0.2) is 0 Å². The molecular formula is C13H18F2N2O. The van der Waals surface area contributed by atoms with Gasteiger partial charge in [0.25, 0.3) is 0 Å². The monoisotopic (exact) mass is 256 g/mol. The zero-order chi connectivity index (χ0) is 13.9. The van der Waals surface area contributed by atoms with Crippen LogP contribution in [0.3, 0.4) is 0 Å². The van der Waals surface area contributed by atoms with Gasteiger partial charge in [0.2, 0.25) is 5.91 Å². The lowest BCUT2D eigenvalue weighted by Crippen LogP contribution is -2.44. The van der Waals surface area contributed by atoms with E-state index in [0.29, 0.717) is 0 Å². The molecule has 2 atom stereocenters. The first-order valence-corrected chi connectivity index (χ1v) is 5.83. The first kappa shape index (κ1) is 14.6. The van der Waals surface area contributed by atoms with Crippen molar-refractivity contribution in [3.8, 4) is 0 Å². The highest BCUT2D eigenvalue weighted by atomic mass is 19.1. The Bertz CT molecular complexity index is 435. The number of carbonyl (C=O) groups is 1. The zero-order valence-corrected chi connectivity index (χ0v) is 10.7. The van der Waals surface area contributed by atoms with Gasteiger partial charge in [-0.2, -0.15) is 0 Å². The Hall–Kier alpha value is -1.49. The van der Waals surface area contributed by atoms with Crippen molar-refractivity contribution in [3.63, 3.8) is 0 Å². The van der Waals surface area contributed by atoms with Gasteiger partial charge in [-0.05, 0) is 18.9 Å². The highest BCUT2D eigenvalue weighted by Crippen LogP contribution is 2.17. The van der Waals surface area contributed by atoms with E-state index >= 15 is 0 Å². The van der Waals surface area contributed by atoms with Crippen LogP contribution in [0.1, 0.15) is 32.4 Å². The molecule has 1 amide bonds. The molecule has 0 aromatic heterocycles. The van der Waals surface area contributed by atoms with Crippen LogP contribution in [0.4, 0.5) is 8.78 Å². The number of carbonyl (C=O) groups excluding carboxylic acids is 1. The largest absolute Gasteiger partial charge is 0.348 e. The first-order chi connectivity index (χ1) is 8.32. The summed E-state index contributed by atoms with van der Waals surface area (Å²) in [6, 6.07) is 2.07. The van der Waals surface area contributed by atoms with E-state index in [1.807, 2.05) is 13.8 Å². The van der Waals surface area contributed by atoms with Crippen LogP contribution in [0.5, 0.6) is 0 Å². The molecule has 0 aliphatic rings. The molecule has 1 aromatic carbocycles. The molecule has 0 spiro atoms. The van der Waals surface area contributed by atoms with Crippen LogP contribution in [0.25, 0.3) is 0 Å². The van der Waals surface area contributed by atoms with Gasteiger partial charge >= 0.3 is 0 Å². The predicted molar refractivity (Wildman–Crippen MR) is 65.7 cm³/mol. The highest BCUT2D eigenvalue weighted by molar-refractivity contribution is 5.82. The van der Waals surface area contributed by atoms with E-state index in [1.165, 1.54) is 6.07 Å². The Labute approximate surface area is 105 Å². The SMILES string of the molecule is CC(NC(=O)[C@H](N)C(C)C)c1ccc(F)cc1F. The summed E-state index contributed by atoms with van der Waals surface area (Å²) in [6.07, 6.45) is 0. The van der Waals surface area contributed by atoms with E-state index in [2.05, 4.69) is 5.32 Å². The minimum Gasteiger partial charge on any atom is -0.348 e. The predicted octanol–water partition coefficient (Wildman–Crippen LogP) is 2.13. The summed E-state index contributed by atoms with van der Waals surface area (Å²) in [5.74, 6) is -1.67. The lowest BCUT2D eigenvalue weighted by atomic mass is 10.0. The summed E-state index contributed by atoms with van der Waals surface area (Å²) < 4.78 is 26.2. The lowest BCUT2D eigenvalue weighted by Gasteiger charge is -2.20. The van der Waals surface area contributed by atoms with Gasteiger partial charge in [-0.15, -0.1) is 0 Å². The molecule has 1 rings (SSSR count). The molecule has 0 aliphatic carbocycles. The maximum Gasteiger partial charge on any atom is 0.237 e. The summed E-state index contributed by atoms with van der Waals surface area (Å²) in [4.78, 5) is 11.7. The topological polar surface area (TPSA) is 55.1 Å². The van der Waals surface area contributed by atoms with E-state index in [0.717, 1.165) is 12.1 Å². The van der Waals surface area contributed by atoms with Crippen LogP contribution >= 0.6 is 0 Å². The van der Waals surface area contributed by atoms with E-state index in [9.17, 15) is 13.6 Å². The van der Waals surface area contributed by atoms with Gasteiger partial charge in [-0.3, -0.25) is 4.79 Å². The van der Waals surface area contributed by atoms with Crippen LogP contribution in [0.15, 0.2) is 18.2 Å². The minimum atomic E-state index is -0.680. The Morgan fingerprint density at radius 3 is 2.39 bits per heavy atom. The maximum atomic E-state index is 13.5. The van der Waals surface area contributed by atoms with Crippen LogP contribution in [-0.2, 0) is 4.79 Å². The minimum absolute atomic E-state index is 0.00438. The molecule has 100 valence electrons. The van der Waals surface area contributed by atoms with Crippen molar-refractivity contribution in [1.82, 2.24) is 5.32 Å². The molecule has 0 radical (unpaired) electrons. The number of hydrogen-bond donors (Lipinski definition) is 2. The fourth-order valence-electron chi connectivity index (χ4n) is 1.54. The molecule has 3 N–H and O–H groups in total. The van der Waals surface area contributed by atoms with E-state index < -0.39 is 23.7 Å². The first-order valence-electron chi connectivity index (χ1n) is 5.83. The molecule has 1 aromatic rings. The van der Waals surface area contributed by atoms with Crippen molar-refractivity contribution in [2.24, 2.45) is 11.7 Å². The lowest BCUT2D eigenvalue weighted by molar-refractivity contribution is -0.123. The Balaban J connectivity index is 2.76. The van der Waals surface area contributed by atoms with Gasteiger partial charge in [-0.1, -0.05) is 19.9 Å². The second kappa shape index (κ2) is 5.91. The number of amides is 1. The van der Waals surface area contributed by atoms with Crippen molar-refractivity contribution < 1.29 is 13.6 Å². The van der Waals surface area contributed by atoms with Gasteiger partial charge < -0.3 is 11.1 Å². The summed E-state index contributed by atoms with van der Waals surface area (Å²) >= 11 is 0. The second-order valence-electron chi connectivity index (χ2n) is 4.67. The smallest absolute Gasteiger partial charge is 0.237 e. The number of benzene rings is 1. The normalized spacial score (nSPS) is 14.4. The van der Waals surface area contributed by atoms with Crippen molar-refractivity contribution in [2.75, 3.05) is 0 Å². The molecule has 0 bridgehead atoms. The zero-order valence-electron chi connectivity index (χ0n) is 10.7. The van der Waals surface area contributed by atoms with Gasteiger partial charge in [0.05, 0.1) is 12.1 Å². The van der Waals surface area contributed by atoms with Crippen molar-refractivity contribution >= 4 is 5.91 Å². The third kappa shape index (κ3) is 3.50. The number of hydrogen-bond acceptors (Lipinski definition) is 2. The second-order valence-corrected chi connectivity index (χ2v) is 4.67. The molecule has 0 aliphatic heterocycles. The molecular weight excluding hydrogens is 238 g/mol. The Kier molecular flexibility index (Phi) is 4.78. The molecule has 3 nitrogen and oxygen atoms in total. The number of halogens is 2. The fraction of sp³-hybridized carbons (Fsp3) is 0.462. The highest BCUT2D eigenvalue weighted by Gasteiger charge is 2.20. The van der Waals surface area contributed by atoms with Crippen LogP contribution < -0.4 is 11.1 Å².